The predicted octanol–water partition coefficient (Wildman–Crippen LogP) is 6.10. The van der Waals surface area contributed by atoms with Crippen molar-refractivity contribution >= 4 is 59.8 Å². The van der Waals surface area contributed by atoms with Crippen LogP contribution in [0.25, 0.3) is 21.8 Å². The molecule has 0 amide bonds. The Morgan fingerprint density at radius 2 is 1.41 bits per heavy atom. The molecule has 0 N–H and O–H groups in total. The van der Waals surface area contributed by atoms with E-state index in [1.165, 1.54) is 0 Å². The molecule has 0 unspecified atom stereocenters. The van der Waals surface area contributed by atoms with Crippen LogP contribution < -0.4 is 0 Å². The Morgan fingerprint density at radius 1 is 0.955 bits per heavy atom. The highest BCUT2D eigenvalue weighted by Gasteiger charge is 2.22. The zero-order valence-corrected chi connectivity index (χ0v) is 15.7. The molecule has 0 saturated heterocycles. The summed E-state index contributed by atoms with van der Waals surface area (Å²) in [7, 11) is 0. The van der Waals surface area contributed by atoms with Crippen LogP contribution in [-0.4, -0.2) is 16.3 Å². The van der Waals surface area contributed by atoms with Crippen molar-refractivity contribution in [3.05, 3.63) is 45.3 Å². The third-order valence-electron chi connectivity index (χ3n) is 3.27. The highest BCUT2D eigenvalue weighted by Crippen LogP contribution is 2.33. The van der Waals surface area contributed by atoms with E-state index in [0.29, 0.717) is 0 Å². The molecule has 3 aromatic rings. The fourth-order valence-corrected chi connectivity index (χ4v) is 3.17. The summed E-state index contributed by atoms with van der Waals surface area (Å²) in [5.74, 6) is 0. The molecule has 0 aliphatic carbocycles. The van der Waals surface area contributed by atoms with Gasteiger partial charge in [0.05, 0.1) is 11.0 Å². The minimum atomic E-state index is -0.544. The van der Waals surface area contributed by atoms with Crippen molar-refractivity contribution in [2.45, 2.75) is 26.4 Å². The molecule has 0 aliphatic heterocycles. The first-order chi connectivity index (χ1) is 10.3. The molecule has 3 rings (SSSR count). The Labute approximate surface area is 145 Å². The van der Waals surface area contributed by atoms with Gasteiger partial charge in [0.2, 0.25) is 0 Å². The van der Waals surface area contributed by atoms with Crippen molar-refractivity contribution in [1.82, 2.24) is 4.57 Å². The standard InChI is InChI=1S/C17H15Br2NO2/c1-17(2,3)22-16(21)20-14-8-10(18)4-6-12(14)13-7-5-11(19)9-15(13)20/h4-9H,1-3H3. The van der Waals surface area contributed by atoms with Gasteiger partial charge in [-0.1, -0.05) is 44.0 Å². The quantitative estimate of drug-likeness (QED) is 0.436. The first kappa shape index (κ1) is 15.6. The van der Waals surface area contributed by atoms with Crippen molar-refractivity contribution in [1.29, 1.82) is 0 Å². The second kappa shape index (κ2) is 5.39. The van der Waals surface area contributed by atoms with Crippen LogP contribution in [0.1, 0.15) is 20.8 Å². The lowest BCUT2D eigenvalue weighted by atomic mass is 10.2. The Balaban J connectivity index is 2.35. The fraction of sp³-hybridized carbons (Fsp3) is 0.235. The zero-order valence-electron chi connectivity index (χ0n) is 12.5. The molecule has 0 bridgehead atoms. The van der Waals surface area contributed by atoms with Gasteiger partial charge in [-0.2, -0.15) is 0 Å². The van der Waals surface area contributed by atoms with E-state index >= 15 is 0 Å². The molecule has 0 atom stereocenters. The lowest BCUT2D eigenvalue weighted by Gasteiger charge is -2.20. The normalized spacial score (nSPS) is 12.0. The SMILES string of the molecule is CC(C)(C)OC(=O)n1c2cc(Br)ccc2c2ccc(Br)cc21. The molecule has 114 valence electrons. The average molecular weight is 425 g/mol. The minimum Gasteiger partial charge on any atom is -0.443 e. The van der Waals surface area contributed by atoms with Gasteiger partial charge < -0.3 is 4.74 Å². The van der Waals surface area contributed by atoms with E-state index in [9.17, 15) is 4.79 Å². The number of carbonyl (C=O) groups excluding carboxylic acids is 1. The highest BCUT2D eigenvalue weighted by molar-refractivity contribution is 9.10. The van der Waals surface area contributed by atoms with Crippen molar-refractivity contribution in [2.75, 3.05) is 0 Å². The summed E-state index contributed by atoms with van der Waals surface area (Å²) < 4.78 is 9.05. The summed E-state index contributed by atoms with van der Waals surface area (Å²) in [6.45, 7) is 5.60. The molecule has 3 nitrogen and oxygen atoms in total. The summed E-state index contributed by atoms with van der Waals surface area (Å²) in [4.78, 5) is 12.7. The maximum atomic E-state index is 12.7. The van der Waals surface area contributed by atoms with Crippen molar-refractivity contribution < 1.29 is 9.53 Å². The van der Waals surface area contributed by atoms with Crippen molar-refractivity contribution in [3.8, 4) is 0 Å². The Bertz CT molecular complexity index is 832. The van der Waals surface area contributed by atoms with Gasteiger partial charge in [0.15, 0.2) is 0 Å². The van der Waals surface area contributed by atoms with Crippen LogP contribution in [0, 0.1) is 0 Å². The number of rotatable bonds is 0. The van der Waals surface area contributed by atoms with E-state index in [1.807, 2.05) is 57.2 Å². The molecular weight excluding hydrogens is 410 g/mol. The summed E-state index contributed by atoms with van der Waals surface area (Å²) in [5.41, 5.74) is 1.12. The molecule has 1 aromatic heterocycles. The molecule has 5 heteroatoms. The number of halogens is 2. The van der Waals surface area contributed by atoms with Crippen LogP contribution in [0.4, 0.5) is 4.79 Å². The molecule has 1 heterocycles. The highest BCUT2D eigenvalue weighted by atomic mass is 79.9. The van der Waals surface area contributed by atoms with E-state index in [1.54, 1.807) is 4.57 Å². The second-order valence-corrected chi connectivity index (χ2v) is 7.97. The number of fused-ring (bicyclic) bond motifs is 3. The maximum Gasteiger partial charge on any atom is 0.419 e. The lowest BCUT2D eigenvalue weighted by molar-refractivity contribution is 0.0551. The van der Waals surface area contributed by atoms with Crippen LogP contribution in [-0.2, 0) is 4.74 Å². The van der Waals surface area contributed by atoms with E-state index in [0.717, 1.165) is 30.8 Å². The number of ether oxygens (including phenoxy) is 1. The molecule has 0 fully saturated rings. The van der Waals surface area contributed by atoms with Crippen LogP contribution >= 0.6 is 31.9 Å². The van der Waals surface area contributed by atoms with Gasteiger partial charge in [0.1, 0.15) is 5.60 Å². The third-order valence-corrected chi connectivity index (χ3v) is 4.25. The Hall–Kier alpha value is -1.33. The number of aromatic nitrogens is 1. The number of hydrogen-bond acceptors (Lipinski definition) is 2. The summed E-state index contributed by atoms with van der Waals surface area (Å²) in [6, 6.07) is 11.8. The topological polar surface area (TPSA) is 31.2 Å². The van der Waals surface area contributed by atoms with Crippen LogP contribution in [0.3, 0.4) is 0 Å². The number of carbonyl (C=O) groups is 1. The van der Waals surface area contributed by atoms with Crippen LogP contribution in [0.2, 0.25) is 0 Å². The number of hydrogen-bond donors (Lipinski definition) is 0. The van der Waals surface area contributed by atoms with Crippen LogP contribution in [0.15, 0.2) is 45.3 Å². The van der Waals surface area contributed by atoms with Gasteiger partial charge in [0.25, 0.3) is 0 Å². The number of nitrogens with zero attached hydrogens (tertiary/aromatic N) is 1. The van der Waals surface area contributed by atoms with Gasteiger partial charge in [-0.05, 0) is 45.0 Å². The van der Waals surface area contributed by atoms with E-state index < -0.39 is 5.60 Å². The predicted molar refractivity (Wildman–Crippen MR) is 96.5 cm³/mol. The monoisotopic (exact) mass is 423 g/mol. The molecular formula is C17H15Br2NO2. The zero-order chi connectivity index (χ0) is 16.1. The summed E-state index contributed by atoms with van der Waals surface area (Å²) in [6.07, 6.45) is -0.372. The molecule has 22 heavy (non-hydrogen) atoms. The molecule has 0 saturated carbocycles. The first-order valence-corrected chi connectivity index (χ1v) is 8.47. The minimum absolute atomic E-state index is 0.372. The average Bonchev–Trinajstić information content (AvgIpc) is 2.68. The van der Waals surface area contributed by atoms with Gasteiger partial charge in [-0.15, -0.1) is 0 Å². The van der Waals surface area contributed by atoms with E-state index in [4.69, 9.17) is 4.74 Å². The molecule has 0 radical (unpaired) electrons. The van der Waals surface area contributed by atoms with Gasteiger partial charge in [-0.25, -0.2) is 9.36 Å². The Morgan fingerprint density at radius 3 is 1.82 bits per heavy atom. The molecule has 2 aromatic carbocycles. The van der Waals surface area contributed by atoms with Gasteiger partial charge in [-0.3, -0.25) is 0 Å². The maximum absolute atomic E-state index is 12.7. The number of benzene rings is 2. The Kier molecular flexibility index (Phi) is 3.81. The molecule has 0 spiro atoms. The molecule has 0 aliphatic rings. The smallest absolute Gasteiger partial charge is 0.419 e. The van der Waals surface area contributed by atoms with Crippen LogP contribution in [0.5, 0.6) is 0 Å². The largest absolute Gasteiger partial charge is 0.443 e. The fourth-order valence-electron chi connectivity index (χ4n) is 2.47. The van der Waals surface area contributed by atoms with Gasteiger partial charge >= 0.3 is 6.09 Å². The van der Waals surface area contributed by atoms with Crippen molar-refractivity contribution in [2.24, 2.45) is 0 Å². The van der Waals surface area contributed by atoms with Crippen molar-refractivity contribution in [3.63, 3.8) is 0 Å². The van der Waals surface area contributed by atoms with Gasteiger partial charge in [0, 0.05) is 19.7 Å². The second-order valence-electron chi connectivity index (χ2n) is 6.14. The first-order valence-electron chi connectivity index (χ1n) is 6.89. The summed E-state index contributed by atoms with van der Waals surface area (Å²) >= 11 is 6.95. The lowest BCUT2D eigenvalue weighted by Crippen LogP contribution is -2.27. The summed E-state index contributed by atoms with van der Waals surface area (Å²) in [5, 5.41) is 2.05. The van der Waals surface area contributed by atoms with E-state index in [-0.39, 0.29) is 6.09 Å². The van der Waals surface area contributed by atoms with E-state index in [2.05, 4.69) is 31.9 Å². The third kappa shape index (κ3) is 2.79.